The Bertz CT molecular complexity index is 1030. The maximum atomic E-state index is 12.8. The Kier molecular flexibility index (Phi) is 6.78. The normalized spacial score (nSPS) is 10.6. The first-order chi connectivity index (χ1) is 14.5. The fraction of sp³-hybridized carbons (Fsp3) is 0.0952. The summed E-state index contributed by atoms with van der Waals surface area (Å²) in [7, 11) is 1.43. The molecule has 0 aliphatic rings. The van der Waals surface area contributed by atoms with Gasteiger partial charge >= 0.3 is 5.97 Å². The summed E-state index contributed by atoms with van der Waals surface area (Å²) < 4.78 is 33.5. The molecule has 0 unspecified atom stereocenters. The van der Waals surface area contributed by atoms with Gasteiger partial charge in [-0.15, -0.1) is 0 Å². The van der Waals surface area contributed by atoms with E-state index in [1.165, 1.54) is 56.0 Å². The highest BCUT2D eigenvalue weighted by Gasteiger charge is 2.14. The lowest BCUT2D eigenvalue weighted by Gasteiger charge is -2.09. The van der Waals surface area contributed by atoms with Crippen LogP contribution in [-0.4, -0.2) is 31.8 Å². The van der Waals surface area contributed by atoms with Crippen LogP contribution in [0.15, 0.2) is 70.4 Å². The molecule has 154 valence electrons. The summed E-state index contributed by atoms with van der Waals surface area (Å²) in [5, 5.41) is 3.83. The number of nitrogens with zero attached hydrogens (tertiary/aromatic N) is 1. The van der Waals surface area contributed by atoms with E-state index >= 15 is 0 Å². The number of carbonyl (C=O) groups is 2. The maximum Gasteiger partial charge on any atom is 0.379 e. The Morgan fingerprint density at radius 3 is 2.63 bits per heavy atom. The van der Waals surface area contributed by atoms with Gasteiger partial charge in [0.25, 0.3) is 5.91 Å². The smallest absolute Gasteiger partial charge is 0.379 e. The summed E-state index contributed by atoms with van der Waals surface area (Å²) in [6.07, 6.45) is 2.75. The number of rotatable bonds is 8. The zero-order chi connectivity index (χ0) is 21.3. The van der Waals surface area contributed by atoms with Gasteiger partial charge in [-0.05, 0) is 60.2 Å². The van der Waals surface area contributed by atoms with Crippen LogP contribution in [0.5, 0.6) is 17.2 Å². The van der Waals surface area contributed by atoms with Crippen LogP contribution >= 0.6 is 0 Å². The number of amides is 1. The number of benzene rings is 2. The summed E-state index contributed by atoms with van der Waals surface area (Å²) in [5.41, 5.74) is 2.90. The number of carbonyl (C=O) groups excluding carboxylic acids is 2. The predicted octanol–water partition coefficient (Wildman–Crippen LogP) is 3.18. The number of hydrogen-bond acceptors (Lipinski definition) is 7. The van der Waals surface area contributed by atoms with E-state index in [9.17, 15) is 14.0 Å². The summed E-state index contributed by atoms with van der Waals surface area (Å²) >= 11 is 0. The highest BCUT2D eigenvalue weighted by Crippen LogP contribution is 2.28. The topological polar surface area (TPSA) is 99.4 Å². The van der Waals surface area contributed by atoms with E-state index in [1.807, 2.05) is 0 Å². The Morgan fingerprint density at radius 1 is 1.13 bits per heavy atom. The molecule has 8 nitrogen and oxygen atoms in total. The summed E-state index contributed by atoms with van der Waals surface area (Å²) in [5.74, 6) is -0.626. The van der Waals surface area contributed by atoms with Crippen LogP contribution < -0.4 is 19.6 Å². The zero-order valence-corrected chi connectivity index (χ0v) is 15.8. The van der Waals surface area contributed by atoms with E-state index in [1.54, 1.807) is 18.2 Å². The second-order valence-corrected chi connectivity index (χ2v) is 5.81. The minimum absolute atomic E-state index is 0.0632. The number of esters is 1. The molecule has 0 aliphatic heterocycles. The van der Waals surface area contributed by atoms with Crippen molar-refractivity contribution in [2.24, 2.45) is 5.10 Å². The first kappa shape index (κ1) is 20.6. The van der Waals surface area contributed by atoms with Crippen LogP contribution in [0.25, 0.3) is 0 Å². The van der Waals surface area contributed by atoms with Gasteiger partial charge in [0.1, 0.15) is 11.6 Å². The first-order valence-corrected chi connectivity index (χ1v) is 8.69. The molecule has 0 saturated heterocycles. The minimum Gasteiger partial charge on any atom is -0.493 e. The number of hydrogen-bond donors (Lipinski definition) is 1. The van der Waals surface area contributed by atoms with E-state index in [2.05, 4.69) is 10.5 Å². The molecule has 0 radical (unpaired) electrons. The van der Waals surface area contributed by atoms with E-state index in [4.69, 9.17) is 18.6 Å². The number of nitrogens with one attached hydrogen (secondary N) is 1. The first-order valence-electron chi connectivity index (χ1n) is 8.69. The van der Waals surface area contributed by atoms with E-state index in [0.29, 0.717) is 17.1 Å². The lowest BCUT2D eigenvalue weighted by Crippen LogP contribution is -2.24. The maximum absolute atomic E-state index is 12.8. The lowest BCUT2D eigenvalue weighted by atomic mass is 10.2. The van der Waals surface area contributed by atoms with Gasteiger partial charge in [-0.3, -0.25) is 4.79 Å². The summed E-state index contributed by atoms with van der Waals surface area (Å²) in [6, 6.07) is 13.1. The molecule has 1 N–H and O–H groups in total. The van der Waals surface area contributed by atoms with Crippen LogP contribution in [-0.2, 0) is 4.79 Å². The average Bonchev–Trinajstić information content (AvgIpc) is 3.29. The third kappa shape index (κ3) is 5.68. The third-order valence-electron chi connectivity index (χ3n) is 3.70. The average molecular weight is 412 g/mol. The second-order valence-electron chi connectivity index (χ2n) is 5.81. The van der Waals surface area contributed by atoms with Crippen molar-refractivity contribution in [1.29, 1.82) is 0 Å². The van der Waals surface area contributed by atoms with Crippen LogP contribution in [0.4, 0.5) is 4.39 Å². The van der Waals surface area contributed by atoms with Gasteiger partial charge in [-0.25, -0.2) is 14.6 Å². The fourth-order valence-corrected chi connectivity index (χ4v) is 2.28. The Labute approximate surface area is 170 Å². The van der Waals surface area contributed by atoms with Gasteiger partial charge in [-0.2, -0.15) is 5.10 Å². The molecular weight excluding hydrogens is 395 g/mol. The number of ether oxygens (including phenoxy) is 3. The van der Waals surface area contributed by atoms with Crippen molar-refractivity contribution in [2.75, 3.05) is 13.7 Å². The monoisotopic (exact) mass is 412 g/mol. The van der Waals surface area contributed by atoms with Crippen molar-refractivity contribution in [3.8, 4) is 17.2 Å². The van der Waals surface area contributed by atoms with Crippen molar-refractivity contribution in [1.82, 2.24) is 5.43 Å². The molecule has 0 bridgehead atoms. The molecule has 1 heterocycles. The molecular formula is C21H17FN2O6. The van der Waals surface area contributed by atoms with Gasteiger partial charge < -0.3 is 18.6 Å². The van der Waals surface area contributed by atoms with Gasteiger partial charge in [0, 0.05) is 0 Å². The third-order valence-corrected chi connectivity index (χ3v) is 3.70. The predicted molar refractivity (Wildman–Crippen MR) is 104 cm³/mol. The van der Waals surface area contributed by atoms with Gasteiger partial charge in [0.15, 0.2) is 18.1 Å². The van der Waals surface area contributed by atoms with Crippen molar-refractivity contribution >= 4 is 18.1 Å². The van der Waals surface area contributed by atoms with E-state index < -0.39 is 17.7 Å². The number of furan rings is 1. The Morgan fingerprint density at radius 2 is 1.93 bits per heavy atom. The zero-order valence-electron chi connectivity index (χ0n) is 15.8. The van der Waals surface area contributed by atoms with Gasteiger partial charge in [0.05, 0.1) is 19.6 Å². The highest BCUT2D eigenvalue weighted by atomic mass is 19.1. The van der Waals surface area contributed by atoms with Crippen molar-refractivity contribution in [3.05, 3.63) is 78.0 Å². The lowest BCUT2D eigenvalue weighted by molar-refractivity contribution is -0.123. The van der Waals surface area contributed by atoms with Crippen molar-refractivity contribution < 1.29 is 32.6 Å². The standard InChI is InChI=1S/C21H17FN2O6/c1-27-19-11-14(4-9-17(19)30-21(26)18-3-2-10-28-18)12-23-24-20(25)13-29-16-7-5-15(22)6-8-16/h2-12H,13H2,1H3,(H,24,25). The fourth-order valence-electron chi connectivity index (χ4n) is 2.28. The van der Waals surface area contributed by atoms with Gasteiger partial charge in [0.2, 0.25) is 5.76 Å². The largest absolute Gasteiger partial charge is 0.493 e. The quantitative estimate of drug-likeness (QED) is 0.264. The van der Waals surface area contributed by atoms with E-state index in [-0.39, 0.29) is 18.1 Å². The van der Waals surface area contributed by atoms with Crippen LogP contribution in [0.3, 0.4) is 0 Å². The summed E-state index contributed by atoms with van der Waals surface area (Å²) in [4.78, 5) is 23.7. The van der Waals surface area contributed by atoms with Crippen molar-refractivity contribution in [3.63, 3.8) is 0 Å². The molecule has 0 saturated carbocycles. The molecule has 0 spiro atoms. The van der Waals surface area contributed by atoms with Gasteiger partial charge in [-0.1, -0.05) is 0 Å². The molecule has 9 heteroatoms. The highest BCUT2D eigenvalue weighted by molar-refractivity contribution is 5.89. The molecule has 0 fully saturated rings. The molecule has 0 atom stereocenters. The molecule has 30 heavy (non-hydrogen) atoms. The van der Waals surface area contributed by atoms with Crippen LogP contribution in [0.2, 0.25) is 0 Å². The van der Waals surface area contributed by atoms with Crippen LogP contribution in [0.1, 0.15) is 16.1 Å². The Balaban J connectivity index is 1.54. The number of hydrazone groups is 1. The molecule has 2 aromatic carbocycles. The SMILES string of the molecule is COc1cc(C=NNC(=O)COc2ccc(F)cc2)ccc1OC(=O)c1ccco1. The van der Waals surface area contributed by atoms with Crippen molar-refractivity contribution in [2.45, 2.75) is 0 Å². The summed E-state index contributed by atoms with van der Waals surface area (Å²) in [6.45, 7) is -0.284. The number of halogens is 1. The molecule has 0 aliphatic carbocycles. The molecule has 3 aromatic rings. The molecule has 3 rings (SSSR count). The minimum atomic E-state index is -0.659. The van der Waals surface area contributed by atoms with Crippen LogP contribution in [0, 0.1) is 5.82 Å². The van der Waals surface area contributed by atoms with E-state index in [0.717, 1.165) is 0 Å². The second kappa shape index (κ2) is 9.87. The molecule has 1 aromatic heterocycles. The number of methoxy groups -OCH3 is 1. The Hall–Kier alpha value is -4.14. The molecule has 1 amide bonds.